The number of hydrogen-bond donors (Lipinski definition) is 3. The summed E-state index contributed by atoms with van der Waals surface area (Å²) in [4.78, 5) is 26.7. The number of aromatic amines is 1. The molecule has 2 aromatic heterocycles. The molecule has 0 atom stereocenters. The number of rotatable bonds is 5. The molecule has 0 unspecified atom stereocenters. The lowest BCUT2D eigenvalue weighted by atomic mass is 10.0. The standard InChI is InChI=1S/C25H22ClFN6O2/c26-17-3-1-4-18(15-17)29-25(34)30-20-6-2-5-19(21(20)27)23-22(16-7-9-28-10-8-16)31-24(32-23)33-11-13-35-14-12-33/h1-10,15H,11-14H2,(H,31,32)(H2,29,30,34). The van der Waals surface area contributed by atoms with Crippen molar-refractivity contribution in [2.24, 2.45) is 0 Å². The largest absolute Gasteiger partial charge is 0.378 e. The van der Waals surface area contributed by atoms with Crippen LogP contribution in [-0.2, 0) is 4.74 Å². The third-order valence-corrected chi connectivity index (χ3v) is 5.79. The second-order valence-electron chi connectivity index (χ2n) is 7.88. The number of nitrogens with zero attached hydrogens (tertiary/aromatic N) is 3. The quantitative estimate of drug-likeness (QED) is 0.346. The van der Waals surface area contributed by atoms with E-state index in [2.05, 4.69) is 25.5 Å². The van der Waals surface area contributed by atoms with Crippen LogP contribution in [0.1, 0.15) is 0 Å². The SMILES string of the molecule is O=C(Nc1cccc(Cl)c1)Nc1cccc(-c2nc(N3CCOCC3)[nH]c2-c2ccncc2)c1F. The van der Waals surface area contributed by atoms with Gasteiger partial charge in [-0.15, -0.1) is 0 Å². The van der Waals surface area contributed by atoms with Crippen LogP contribution >= 0.6 is 11.6 Å². The van der Waals surface area contributed by atoms with Crippen LogP contribution in [-0.4, -0.2) is 47.3 Å². The van der Waals surface area contributed by atoms with Gasteiger partial charge in [0.2, 0.25) is 5.95 Å². The Labute approximate surface area is 206 Å². The first-order valence-electron chi connectivity index (χ1n) is 11.0. The summed E-state index contributed by atoms with van der Waals surface area (Å²) in [6.07, 6.45) is 3.34. The van der Waals surface area contributed by atoms with Gasteiger partial charge in [-0.3, -0.25) is 4.98 Å². The first-order valence-corrected chi connectivity index (χ1v) is 11.4. The van der Waals surface area contributed by atoms with E-state index in [0.717, 1.165) is 5.56 Å². The number of H-pyrrole nitrogens is 1. The molecule has 0 bridgehead atoms. The van der Waals surface area contributed by atoms with Gasteiger partial charge in [0, 0.05) is 47.3 Å². The minimum absolute atomic E-state index is 0.0265. The summed E-state index contributed by atoms with van der Waals surface area (Å²) >= 11 is 5.97. The zero-order chi connectivity index (χ0) is 24.2. The van der Waals surface area contributed by atoms with E-state index in [-0.39, 0.29) is 11.3 Å². The topological polar surface area (TPSA) is 95.2 Å². The number of nitrogens with one attached hydrogen (secondary N) is 3. The van der Waals surface area contributed by atoms with E-state index in [0.29, 0.717) is 54.3 Å². The summed E-state index contributed by atoms with van der Waals surface area (Å²) in [6, 6.07) is 14.6. The molecule has 0 aliphatic carbocycles. The van der Waals surface area contributed by atoms with Crippen LogP contribution in [0.25, 0.3) is 22.5 Å². The Kier molecular flexibility index (Phi) is 6.60. The predicted molar refractivity (Wildman–Crippen MR) is 134 cm³/mol. The number of carbonyl (C=O) groups is 1. The van der Waals surface area contributed by atoms with E-state index in [1.165, 1.54) is 6.07 Å². The van der Waals surface area contributed by atoms with E-state index in [9.17, 15) is 4.79 Å². The molecule has 0 spiro atoms. The van der Waals surface area contributed by atoms with E-state index in [4.69, 9.17) is 21.3 Å². The van der Waals surface area contributed by atoms with Crippen molar-refractivity contribution in [1.29, 1.82) is 0 Å². The van der Waals surface area contributed by atoms with E-state index in [1.807, 2.05) is 12.1 Å². The normalized spacial score (nSPS) is 13.5. The summed E-state index contributed by atoms with van der Waals surface area (Å²) in [5.74, 6) is 0.0376. The number of ether oxygens (including phenoxy) is 1. The average Bonchev–Trinajstić information content (AvgIpc) is 3.32. The van der Waals surface area contributed by atoms with Crippen molar-refractivity contribution < 1.29 is 13.9 Å². The fraction of sp³-hybridized carbons (Fsp3) is 0.160. The Balaban J connectivity index is 1.48. The lowest BCUT2D eigenvalue weighted by molar-refractivity contribution is 0.122. The number of imidazole rings is 1. The van der Waals surface area contributed by atoms with Gasteiger partial charge >= 0.3 is 6.03 Å². The molecule has 0 saturated carbocycles. The molecular weight excluding hydrogens is 471 g/mol. The molecule has 1 aliphatic heterocycles. The fourth-order valence-corrected chi connectivity index (χ4v) is 4.06. The van der Waals surface area contributed by atoms with E-state index >= 15 is 4.39 Å². The second-order valence-corrected chi connectivity index (χ2v) is 8.31. The van der Waals surface area contributed by atoms with Gasteiger partial charge in [0.25, 0.3) is 0 Å². The van der Waals surface area contributed by atoms with Crippen LogP contribution < -0.4 is 15.5 Å². The zero-order valence-electron chi connectivity index (χ0n) is 18.6. The van der Waals surface area contributed by atoms with Crippen molar-refractivity contribution in [2.75, 3.05) is 41.8 Å². The second kappa shape index (κ2) is 10.1. The number of halogens is 2. The summed E-state index contributed by atoms with van der Waals surface area (Å²) in [6.45, 7) is 2.54. The molecule has 2 aromatic carbocycles. The van der Waals surface area contributed by atoms with Crippen molar-refractivity contribution in [1.82, 2.24) is 15.0 Å². The number of urea groups is 1. The highest BCUT2D eigenvalue weighted by molar-refractivity contribution is 6.30. The van der Waals surface area contributed by atoms with Gasteiger partial charge in [-0.25, -0.2) is 14.2 Å². The molecule has 0 radical (unpaired) electrons. The number of benzene rings is 2. The maximum Gasteiger partial charge on any atom is 0.323 e. The zero-order valence-corrected chi connectivity index (χ0v) is 19.3. The number of carbonyl (C=O) groups excluding carboxylic acids is 1. The predicted octanol–water partition coefficient (Wildman–Crippen LogP) is 5.41. The molecule has 4 aromatic rings. The van der Waals surface area contributed by atoms with Crippen molar-refractivity contribution in [3.63, 3.8) is 0 Å². The Morgan fingerprint density at radius 3 is 2.60 bits per heavy atom. The van der Waals surface area contributed by atoms with Crippen LogP contribution in [0.4, 0.5) is 26.5 Å². The molecule has 178 valence electrons. The molecule has 5 rings (SSSR count). The maximum atomic E-state index is 15.7. The fourth-order valence-electron chi connectivity index (χ4n) is 3.87. The van der Waals surface area contributed by atoms with Gasteiger partial charge < -0.3 is 25.3 Å². The molecule has 1 fully saturated rings. The minimum Gasteiger partial charge on any atom is -0.378 e. The summed E-state index contributed by atoms with van der Waals surface area (Å²) < 4.78 is 21.1. The first kappa shape index (κ1) is 22.8. The highest BCUT2D eigenvalue weighted by Crippen LogP contribution is 2.35. The number of morpholine rings is 1. The van der Waals surface area contributed by atoms with Crippen LogP contribution in [0.5, 0.6) is 0 Å². The summed E-state index contributed by atoms with van der Waals surface area (Å²) in [5, 5.41) is 5.71. The van der Waals surface area contributed by atoms with Gasteiger partial charge in [0.1, 0.15) is 5.69 Å². The average molecular weight is 493 g/mol. The Bertz CT molecular complexity index is 1340. The van der Waals surface area contributed by atoms with Gasteiger partial charge in [-0.1, -0.05) is 23.7 Å². The number of anilines is 3. The van der Waals surface area contributed by atoms with Gasteiger partial charge in [0.05, 0.1) is 24.6 Å². The smallest absolute Gasteiger partial charge is 0.323 e. The lowest BCUT2D eigenvalue weighted by Gasteiger charge is -2.26. The number of amides is 2. The highest BCUT2D eigenvalue weighted by atomic mass is 35.5. The van der Waals surface area contributed by atoms with Crippen molar-refractivity contribution in [3.05, 3.63) is 77.8 Å². The Morgan fingerprint density at radius 2 is 1.83 bits per heavy atom. The maximum absolute atomic E-state index is 15.7. The molecule has 2 amide bonds. The molecule has 1 saturated heterocycles. The number of aromatic nitrogens is 3. The van der Waals surface area contributed by atoms with Crippen molar-refractivity contribution in [2.45, 2.75) is 0 Å². The van der Waals surface area contributed by atoms with Crippen molar-refractivity contribution >= 4 is 35.0 Å². The van der Waals surface area contributed by atoms with Crippen molar-refractivity contribution in [3.8, 4) is 22.5 Å². The number of hydrogen-bond acceptors (Lipinski definition) is 5. The van der Waals surface area contributed by atoms with E-state index in [1.54, 1.807) is 48.8 Å². The van der Waals surface area contributed by atoms with Gasteiger partial charge in [-0.05, 0) is 42.5 Å². The monoisotopic (exact) mass is 492 g/mol. The van der Waals surface area contributed by atoms with Gasteiger partial charge in [0.15, 0.2) is 5.82 Å². The molecule has 10 heteroatoms. The molecular formula is C25H22ClFN6O2. The molecule has 8 nitrogen and oxygen atoms in total. The molecule has 3 N–H and O–H groups in total. The van der Waals surface area contributed by atoms with Gasteiger partial charge in [-0.2, -0.15) is 0 Å². The van der Waals surface area contributed by atoms with E-state index < -0.39 is 11.8 Å². The molecule has 3 heterocycles. The minimum atomic E-state index is -0.593. The van der Waals surface area contributed by atoms with Crippen LogP contribution in [0.3, 0.4) is 0 Å². The third kappa shape index (κ3) is 5.11. The first-order chi connectivity index (χ1) is 17.1. The molecule has 35 heavy (non-hydrogen) atoms. The number of pyridine rings is 1. The third-order valence-electron chi connectivity index (χ3n) is 5.56. The summed E-state index contributed by atoms with van der Waals surface area (Å²) in [7, 11) is 0. The van der Waals surface area contributed by atoms with Crippen LogP contribution in [0, 0.1) is 5.82 Å². The Hall–Kier alpha value is -3.95. The Morgan fingerprint density at radius 1 is 1.06 bits per heavy atom. The summed E-state index contributed by atoms with van der Waals surface area (Å²) in [5.41, 5.74) is 2.70. The lowest BCUT2D eigenvalue weighted by Crippen LogP contribution is -2.36. The highest BCUT2D eigenvalue weighted by Gasteiger charge is 2.23. The van der Waals surface area contributed by atoms with Crippen LogP contribution in [0.15, 0.2) is 67.0 Å². The van der Waals surface area contributed by atoms with Crippen LogP contribution in [0.2, 0.25) is 5.02 Å². The molecule has 1 aliphatic rings.